The predicted octanol–water partition coefficient (Wildman–Crippen LogP) is 3.19. The van der Waals surface area contributed by atoms with E-state index in [4.69, 9.17) is 9.47 Å². The van der Waals surface area contributed by atoms with Crippen LogP contribution in [0.4, 0.5) is 10.5 Å². The number of rotatable bonds is 7. The maximum atomic E-state index is 12.9. The van der Waals surface area contributed by atoms with E-state index < -0.39 is 0 Å². The maximum absolute atomic E-state index is 12.9. The molecule has 0 saturated carbocycles. The summed E-state index contributed by atoms with van der Waals surface area (Å²) in [7, 11) is 3.32. The predicted molar refractivity (Wildman–Crippen MR) is 124 cm³/mol. The van der Waals surface area contributed by atoms with Crippen LogP contribution in [0.1, 0.15) is 29.8 Å². The van der Waals surface area contributed by atoms with E-state index in [2.05, 4.69) is 15.5 Å². The Morgan fingerprint density at radius 3 is 2.25 bits per heavy atom. The van der Waals surface area contributed by atoms with E-state index in [-0.39, 0.29) is 18.0 Å². The minimum absolute atomic E-state index is 0.00166. The number of hydrogen-bond donors (Lipinski definition) is 2. The van der Waals surface area contributed by atoms with Crippen molar-refractivity contribution in [2.45, 2.75) is 26.4 Å². The van der Waals surface area contributed by atoms with Crippen LogP contribution in [0.5, 0.6) is 11.5 Å². The van der Waals surface area contributed by atoms with Gasteiger partial charge in [-0.25, -0.2) is 4.79 Å². The first-order chi connectivity index (χ1) is 15.4. The molecule has 8 heteroatoms. The molecule has 0 bridgehead atoms. The number of nitrogens with zero attached hydrogens (tertiary/aromatic N) is 2. The van der Waals surface area contributed by atoms with E-state index in [0.29, 0.717) is 24.3 Å². The molecule has 32 heavy (non-hydrogen) atoms. The van der Waals surface area contributed by atoms with Crippen molar-refractivity contribution < 1.29 is 19.1 Å². The standard InChI is InChI=1S/C24H32N4O4/c1-17(2)25-24(30)26-20-7-5-18(6-8-20)23(29)28-13-11-27(12-14-28)16-19-15-21(31-3)9-10-22(19)32-4/h5-10,15,17H,11-14,16H2,1-4H3,(H2,25,26,30). The van der Waals surface area contributed by atoms with Crippen LogP contribution in [-0.2, 0) is 6.54 Å². The first-order valence-electron chi connectivity index (χ1n) is 10.8. The van der Waals surface area contributed by atoms with E-state index >= 15 is 0 Å². The summed E-state index contributed by atoms with van der Waals surface area (Å²) in [4.78, 5) is 28.9. The minimum Gasteiger partial charge on any atom is -0.497 e. The molecule has 0 unspecified atom stereocenters. The second-order valence-electron chi connectivity index (χ2n) is 8.08. The molecule has 8 nitrogen and oxygen atoms in total. The molecule has 0 atom stereocenters. The van der Waals surface area contributed by atoms with Crippen molar-refractivity contribution in [1.82, 2.24) is 15.1 Å². The summed E-state index contributed by atoms with van der Waals surface area (Å²) < 4.78 is 10.8. The highest BCUT2D eigenvalue weighted by molar-refractivity contribution is 5.95. The first kappa shape index (κ1) is 23.4. The highest BCUT2D eigenvalue weighted by Crippen LogP contribution is 2.25. The van der Waals surface area contributed by atoms with Crippen LogP contribution < -0.4 is 20.1 Å². The summed E-state index contributed by atoms with van der Waals surface area (Å²) in [6, 6.07) is 12.6. The van der Waals surface area contributed by atoms with Crippen molar-refractivity contribution in [2.24, 2.45) is 0 Å². The summed E-state index contributed by atoms with van der Waals surface area (Å²) in [5, 5.41) is 5.54. The fourth-order valence-electron chi connectivity index (χ4n) is 3.66. The van der Waals surface area contributed by atoms with Gasteiger partial charge in [-0.2, -0.15) is 0 Å². The van der Waals surface area contributed by atoms with Crippen LogP contribution >= 0.6 is 0 Å². The zero-order valence-corrected chi connectivity index (χ0v) is 19.2. The van der Waals surface area contributed by atoms with Crippen LogP contribution in [0.3, 0.4) is 0 Å². The Labute approximate surface area is 189 Å². The normalized spacial score (nSPS) is 14.2. The molecule has 3 amide bonds. The third kappa shape index (κ3) is 6.13. The average molecular weight is 441 g/mol. The molecular weight excluding hydrogens is 408 g/mol. The molecular formula is C24H32N4O4. The number of anilines is 1. The van der Waals surface area contributed by atoms with Gasteiger partial charge in [0.2, 0.25) is 0 Å². The van der Waals surface area contributed by atoms with E-state index in [9.17, 15) is 9.59 Å². The fourth-order valence-corrected chi connectivity index (χ4v) is 3.66. The second-order valence-corrected chi connectivity index (χ2v) is 8.08. The molecule has 0 aliphatic carbocycles. The number of carbonyl (C=O) groups is 2. The smallest absolute Gasteiger partial charge is 0.319 e. The quantitative estimate of drug-likeness (QED) is 0.691. The third-order valence-electron chi connectivity index (χ3n) is 5.35. The van der Waals surface area contributed by atoms with Crippen molar-refractivity contribution >= 4 is 17.6 Å². The van der Waals surface area contributed by atoms with Gasteiger partial charge < -0.3 is 25.0 Å². The lowest BCUT2D eigenvalue weighted by Gasteiger charge is -2.35. The number of nitrogens with one attached hydrogen (secondary N) is 2. The Balaban J connectivity index is 1.54. The van der Waals surface area contributed by atoms with E-state index in [1.165, 1.54) is 0 Å². The van der Waals surface area contributed by atoms with Gasteiger partial charge in [-0.3, -0.25) is 9.69 Å². The van der Waals surface area contributed by atoms with Crippen LogP contribution in [0, 0.1) is 0 Å². The Kier molecular flexibility index (Phi) is 7.94. The van der Waals surface area contributed by atoms with Gasteiger partial charge >= 0.3 is 6.03 Å². The third-order valence-corrected chi connectivity index (χ3v) is 5.35. The Bertz CT molecular complexity index is 922. The van der Waals surface area contributed by atoms with Crippen LogP contribution in [-0.4, -0.2) is 68.2 Å². The monoisotopic (exact) mass is 440 g/mol. The maximum Gasteiger partial charge on any atom is 0.319 e. The summed E-state index contributed by atoms with van der Waals surface area (Å²) >= 11 is 0. The summed E-state index contributed by atoms with van der Waals surface area (Å²) in [6.45, 7) is 7.40. The van der Waals surface area contributed by atoms with E-state index in [0.717, 1.165) is 36.7 Å². The van der Waals surface area contributed by atoms with Crippen LogP contribution in [0.2, 0.25) is 0 Å². The van der Waals surface area contributed by atoms with Gasteiger partial charge in [-0.05, 0) is 56.3 Å². The molecule has 1 aliphatic rings. The molecule has 1 fully saturated rings. The Morgan fingerprint density at radius 2 is 1.66 bits per heavy atom. The second kappa shape index (κ2) is 10.9. The summed E-state index contributed by atoms with van der Waals surface area (Å²) in [5.41, 5.74) is 2.33. The first-order valence-corrected chi connectivity index (χ1v) is 10.8. The lowest BCUT2D eigenvalue weighted by atomic mass is 10.1. The number of piperazine rings is 1. The molecule has 0 spiro atoms. The lowest BCUT2D eigenvalue weighted by molar-refractivity contribution is 0.0627. The number of ether oxygens (including phenoxy) is 2. The van der Waals surface area contributed by atoms with Crippen molar-refractivity contribution in [3.05, 3.63) is 53.6 Å². The van der Waals surface area contributed by atoms with Crippen molar-refractivity contribution in [3.63, 3.8) is 0 Å². The average Bonchev–Trinajstić information content (AvgIpc) is 2.79. The molecule has 0 radical (unpaired) electrons. The minimum atomic E-state index is -0.261. The van der Waals surface area contributed by atoms with Crippen LogP contribution in [0.25, 0.3) is 0 Å². The molecule has 1 heterocycles. The molecule has 0 aromatic heterocycles. The fraction of sp³-hybridized carbons (Fsp3) is 0.417. The number of hydrogen-bond acceptors (Lipinski definition) is 5. The van der Waals surface area contributed by atoms with Gasteiger partial charge in [-0.15, -0.1) is 0 Å². The highest BCUT2D eigenvalue weighted by Gasteiger charge is 2.23. The largest absolute Gasteiger partial charge is 0.497 e. The summed E-state index contributed by atoms with van der Waals surface area (Å²) in [5.74, 6) is 1.64. The van der Waals surface area contributed by atoms with Gasteiger partial charge in [-0.1, -0.05) is 0 Å². The SMILES string of the molecule is COc1ccc(OC)c(CN2CCN(C(=O)c3ccc(NC(=O)NC(C)C)cc3)CC2)c1. The van der Waals surface area contributed by atoms with E-state index in [1.54, 1.807) is 38.5 Å². The number of urea groups is 1. The number of carbonyl (C=O) groups excluding carboxylic acids is 2. The molecule has 3 rings (SSSR count). The Hall–Kier alpha value is -3.26. The zero-order valence-electron chi connectivity index (χ0n) is 19.2. The Morgan fingerprint density at radius 1 is 0.969 bits per heavy atom. The summed E-state index contributed by atoms with van der Waals surface area (Å²) in [6.07, 6.45) is 0. The highest BCUT2D eigenvalue weighted by atomic mass is 16.5. The number of methoxy groups -OCH3 is 2. The van der Waals surface area contributed by atoms with Gasteiger partial charge in [0.05, 0.1) is 14.2 Å². The topological polar surface area (TPSA) is 83.1 Å². The molecule has 2 aromatic carbocycles. The van der Waals surface area contributed by atoms with Gasteiger partial charge in [0.15, 0.2) is 0 Å². The zero-order chi connectivity index (χ0) is 23.1. The van der Waals surface area contributed by atoms with E-state index in [1.807, 2.05) is 36.9 Å². The molecule has 1 saturated heterocycles. The molecule has 2 aromatic rings. The van der Waals surface area contributed by atoms with Gasteiger partial charge in [0, 0.05) is 55.6 Å². The number of benzene rings is 2. The van der Waals surface area contributed by atoms with Gasteiger partial charge in [0.25, 0.3) is 5.91 Å². The van der Waals surface area contributed by atoms with Crippen molar-refractivity contribution in [2.75, 3.05) is 45.7 Å². The molecule has 172 valence electrons. The number of amides is 3. The molecule has 1 aliphatic heterocycles. The van der Waals surface area contributed by atoms with Gasteiger partial charge in [0.1, 0.15) is 11.5 Å². The van der Waals surface area contributed by atoms with Crippen molar-refractivity contribution in [1.29, 1.82) is 0 Å². The molecule has 2 N–H and O–H groups in total. The van der Waals surface area contributed by atoms with Crippen molar-refractivity contribution in [3.8, 4) is 11.5 Å². The van der Waals surface area contributed by atoms with Crippen LogP contribution in [0.15, 0.2) is 42.5 Å². The lowest BCUT2D eigenvalue weighted by Crippen LogP contribution is -2.48.